The summed E-state index contributed by atoms with van der Waals surface area (Å²) in [6.45, 7) is 5.55. The van der Waals surface area contributed by atoms with Gasteiger partial charge in [0.1, 0.15) is 5.75 Å². The van der Waals surface area contributed by atoms with Crippen LogP contribution in [0.1, 0.15) is 44.0 Å². The number of allylic oxidation sites excluding steroid dienone is 3. The molecule has 164 valence electrons. The standard InChI is InChI=1S/C10H20O7P2.C7H6O3/c1-9(2)5-4-6-10(3)7-8-16-19(14,15)17-18(11,12)13;8-6-3-1-5(2-4-6)7(9)10/h5,7H,4,6,8H2,1-3H3,(H,14,15)(H2,11,12,13);1-4,8H,(H,9,10)/b10-7+;. The maximum Gasteiger partial charge on any atom is 0.481 e. The number of rotatable bonds is 9. The summed E-state index contributed by atoms with van der Waals surface area (Å²) in [6.07, 6.45) is 5.24. The van der Waals surface area contributed by atoms with Crippen LogP contribution in [0.5, 0.6) is 5.75 Å². The van der Waals surface area contributed by atoms with Crippen LogP contribution in [-0.2, 0) is 18.0 Å². The molecule has 0 aliphatic carbocycles. The van der Waals surface area contributed by atoms with E-state index in [0.717, 1.165) is 18.4 Å². The van der Waals surface area contributed by atoms with Crippen molar-refractivity contribution >= 4 is 21.6 Å². The quantitative estimate of drug-likeness (QED) is 0.272. The van der Waals surface area contributed by atoms with Gasteiger partial charge >= 0.3 is 21.6 Å². The molecule has 0 saturated carbocycles. The first-order valence-corrected chi connectivity index (χ1v) is 11.3. The molecule has 0 aliphatic heterocycles. The highest BCUT2D eigenvalue weighted by molar-refractivity contribution is 7.60. The van der Waals surface area contributed by atoms with Gasteiger partial charge in [-0.25, -0.2) is 13.9 Å². The Labute approximate surface area is 169 Å². The second-order valence-electron chi connectivity index (χ2n) is 6.06. The van der Waals surface area contributed by atoms with Crippen LogP contribution in [0.25, 0.3) is 0 Å². The number of aromatic hydroxyl groups is 1. The lowest BCUT2D eigenvalue weighted by Gasteiger charge is -2.11. The van der Waals surface area contributed by atoms with Crippen molar-refractivity contribution in [3.63, 3.8) is 0 Å². The molecule has 29 heavy (non-hydrogen) atoms. The van der Waals surface area contributed by atoms with Gasteiger partial charge in [-0.1, -0.05) is 23.3 Å². The average molecular weight is 452 g/mol. The monoisotopic (exact) mass is 452 g/mol. The van der Waals surface area contributed by atoms with E-state index in [-0.39, 0.29) is 17.9 Å². The SMILES string of the molecule is CC(C)=CCC/C(C)=C/COP(=O)(O)OP(=O)(O)O.O=C(O)c1ccc(O)cc1. The van der Waals surface area contributed by atoms with Crippen LogP contribution in [0.4, 0.5) is 0 Å². The van der Waals surface area contributed by atoms with Crippen molar-refractivity contribution in [2.75, 3.05) is 6.61 Å². The van der Waals surface area contributed by atoms with Crippen molar-refractivity contribution in [2.45, 2.75) is 33.6 Å². The van der Waals surface area contributed by atoms with Gasteiger partial charge in [0.25, 0.3) is 0 Å². The lowest BCUT2D eigenvalue weighted by molar-refractivity contribution is 0.0696. The minimum atomic E-state index is -5.05. The molecule has 0 amide bonds. The number of carboxylic acid groups (broad SMARTS) is 1. The van der Waals surface area contributed by atoms with Gasteiger partial charge in [-0.2, -0.15) is 4.31 Å². The van der Waals surface area contributed by atoms with Gasteiger partial charge < -0.3 is 24.9 Å². The van der Waals surface area contributed by atoms with Crippen molar-refractivity contribution in [3.05, 3.63) is 53.1 Å². The van der Waals surface area contributed by atoms with Crippen LogP contribution in [0.2, 0.25) is 0 Å². The number of hydrogen-bond acceptors (Lipinski definition) is 6. The first-order chi connectivity index (χ1) is 13.2. The Morgan fingerprint density at radius 1 is 1.03 bits per heavy atom. The van der Waals surface area contributed by atoms with Gasteiger partial charge in [0.2, 0.25) is 0 Å². The molecule has 0 spiro atoms. The van der Waals surface area contributed by atoms with Gasteiger partial charge in [-0.3, -0.25) is 4.52 Å². The van der Waals surface area contributed by atoms with Gasteiger partial charge in [-0.05, 0) is 57.9 Å². The molecule has 0 bridgehead atoms. The summed E-state index contributed by atoms with van der Waals surface area (Å²) < 4.78 is 29.5. The molecule has 0 saturated heterocycles. The Morgan fingerprint density at radius 2 is 1.59 bits per heavy atom. The lowest BCUT2D eigenvalue weighted by atomic mass is 10.1. The maximum absolute atomic E-state index is 11.1. The van der Waals surface area contributed by atoms with Crippen LogP contribution < -0.4 is 0 Å². The fourth-order valence-electron chi connectivity index (χ4n) is 1.73. The largest absolute Gasteiger partial charge is 0.508 e. The summed E-state index contributed by atoms with van der Waals surface area (Å²) in [5.74, 6) is -0.912. The van der Waals surface area contributed by atoms with Crippen molar-refractivity contribution in [1.29, 1.82) is 0 Å². The number of benzene rings is 1. The number of phosphoric acid groups is 2. The van der Waals surface area contributed by atoms with Crippen LogP contribution in [-0.4, -0.2) is 37.5 Å². The van der Waals surface area contributed by atoms with Crippen molar-refractivity contribution < 1.29 is 47.7 Å². The van der Waals surface area contributed by atoms with Crippen LogP contribution in [0.3, 0.4) is 0 Å². The topological polar surface area (TPSA) is 171 Å². The van der Waals surface area contributed by atoms with Crippen LogP contribution in [0.15, 0.2) is 47.6 Å². The van der Waals surface area contributed by atoms with E-state index in [0.29, 0.717) is 0 Å². The summed E-state index contributed by atoms with van der Waals surface area (Å²) >= 11 is 0. The summed E-state index contributed by atoms with van der Waals surface area (Å²) in [4.78, 5) is 36.0. The molecule has 1 aromatic carbocycles. The number of carbonyl (C=O) groups is 1. The Morgan fingerprint density at radius 3 is 2.03 bits per heavy atom. The van der Waals surface area contributed by atoms with Crippen LogP contribution in [0, 0.1) is 0 Å². The molecule has 0 radical (unpaired) electrons. The Balaban J connectivity index is 0.000000651. The molecular weight excluding hydrogens is 426 g/mol. The zero-order valence-electron chi connectivity index (χ0n) is 16.3. The molecule has 1 atom stereocenters. The summed E-state index contributed by atoms with van der Waals surface area (Å²) in [5, 5.41) is 17.1. The third-order valence-electron chi connectivity index (χ3n) is 3.08. The van der Waals surface area contributed by atoms with E-state index < -0.39 is 21.6 Å². The fraction of sp³-hybridized carbons (Fsp3) is 0.353. The fourth-order valence-corrected chi connectivity index (χ4v) is 3.25. The Kier molecular flexibility index (Phi) is 11.9. The maximum atomic E-state index is 11.1. The zero-order chi connectivity index (χ0) is 22.7. The first-order valence-electron chi connectivity index (χ1n) is 8.27. The second-order valence-corrected chi connectivity index (χ2v) is 8.89. The second kappa shape index (κ2) is 12.7. The zero-order valence-corrected chi connectivity index (χ0v) is 18.0. The van der Waals surface area contributed by atoms with Gasteiger partial charge in [-0.15, -0.1) is 0 Å². The summed E-state index contributed by atoms with van der Waals surface area (Å²) in [6, 6.07) is 5.36. The average Bonchev–Trinajstić information content (AvgIpc) is 2.53. The highest BCUT2D eigenvalue weighted by Gasteiger charge is 2.31. The summed E-state index contributed by atoms with van der Waals surface area (Å²) in [7, 11) is -9.78. The number of phosphoric ester groups is 1. The minimum absolute atomic E-state index is 0.0741. The first kappa shape index (κ1) is 27.2. The predicted octanol–water partition coefficient (Wildman–Crippen LogP) is 4.00. The van der Waals surface area contributed by atoms with Gasteiger partial charge in [0.05, 0.1) is 12.2 Å². The summed E-state index contributed by atoms with van der Waals surface area (Å²) in [5.41, 5.74) is 2.32. The molecule has 0 aromatic heterocycles. The van der Waals surface area contributed by atoms with Gasteiger partial charge in [0.15, 0.2) is 0 Å². The van der Waals surface area contributed by atoms with E-state index >= 15 is 0 Å². The van der Waals surface area contributed by atoms with Crippen molar-refractivity contribution in [3.8, 4) is 5.75 Å². The molecule has 1 aromatic rings. The van der Waals surface area contributed by atoms with Crippen LogP contribution >= 0.6 is 15.6 Å². The van der Waals surface area contributed by atoms with Crippen molar-refractivity contribution in [1.82, 2.24) is 0 Å². The number of hydrogen-bond donors (Lipinski definition) is 5. The molecule has 1 rings (SSSR count). The normalized spacial score (nSPS) is 13.7. The molecular formula is C17H26O10P2. The highest BCUT2D eigenvalue weighted by atomic mass is 31.3. The Bertz CT molecular complexity index is 804. The molecule has 0 aliphatic rings. The number of carboxylic acids is 1. The third kappa shape index (κ3) is 15.8. The van der Waals surface area contributed by atoms with Crippen molar-refractivity contribution in [2.24, 2.45) is 0 Å². The van der Waals surface area contributed by atoms with E-state index in [1.165, 1.54) is 29.8 Å². The number of phenols is 1. The van der Waals surface area contributed by atoms with E-state index in [1.54, 1.807) is 6.08 Å². The molecule has 1 unspecified atom stereocenters. The molecule has 5 N–H and O–H groups in total. The van der Waals surface area contributed by atoms with E-state index in [2.05, 4.69) is 14.9 Å². The predicted molar refractivity (Wildman–Crippen MR) is 106 cm³/mol. The number of aromatic carboxylic acids is 1. The number of phenolic OH excluding ortho intramolecular Hbond substituents is 1. The minimum Gasteiger partial charge on any atom is -0.508 e. The Hall–Kier alpha value is -1.77. The molecule has 10 nitrogen and oxygen atoms in total. The highest BCUT2D eigenvalue weighted by Crippen LogP contribution is 2.57. The lowest BCUT2D eigenvalue weighted by Crippen LogP contribution is -1.94. The molecule has 12 heteroatoms. The molecule has 0 fully saturated rings. The van der Waals surface area contributed by atoms with E-state index in [4.69, 9.17) is 24.9 Å². The van der Waals surface area contributed by atoms with Gasteiger partial charge in [0, 0.05) is 0 Å². The molecule has 0 heterocycles. The third-order valence-corrected chi connectivity index (χ3v) is 5.24. The smallest absolute Gasteiger partial charge is 0.481 e. The van der Waals surface area contributed by atoms with E-state index in [1.807, 2.05) is 20.8 Å². The van der Waals surface area contributed by atoms with E-state index in [9.17, 15) is 13.9 Å².